The van der Waals surface area contributed by atoms with Crippen LogP contribution in [0.4, 0.5) is 5.82 Å². The quantitative estimate of drug-likeness (QED) is 0.717. The Hall–Kier alpha value is -2.61. The number of amides is 1. The van der Waals surface area contributed by atoms with Gasteiger partial charge in [0.15, 0.2) is 16.8 Å². The van der Waals surface area contributed by atoms with Crippen LogP contribution in [0, 0.1) is 6.92 Å². The van der Waals surface area contributed by atoms with Crippen LogP contribution >= 0.6 is 11.8 Å². The number of carbonyl (C=O) groups excluding carboxylic acids is 1. The maximum atomic E-state index is 12.2. The SMILES string of the molecule is Cc1cc(NC(=O)[C@H](C)Sc2nnc(-c3ccccc3)n2C)no1. The van der Waals surface area contributed by atoms with Crippen LogP contribution in [0.1, 0.15) is 12.7 Å². The fourth-order valence-electron chi connectivity index (χ4n) is 2.12. The number of aryl methyl sites for hydroxylation is 1. The minimum Gasteiger partial charge on any atom is -0.360 e. The Kier molecular flexibility index (Phi) is 4.66. The lowest BCUT2D eigenvalue weighted by Gasteiger charge is -2.10. The number of nitrogens with zero attached hydrogens (tertiary/aromatic N) is 4. The Bertz CT molecular complexity index is 843. The number of hydrogen-bond donors (Lipinski definition) is 1. The third-order valence-electron chi connectivity index (χ3n) is 3.40. The van der Waals surface area contributed by atoms with E-state index in [0.717, 1.165) is 11.4 Å². The van der Waals surface area contributed by atoms with E-state index in [-0.39, 0.29) is 11.2 Å². The average molecular weight is 343 g/mol. The fraction of sp³-hybridized carbons (Fsp3) is 0.250. The van der Waals surface area contributed by atoms with Crippen molar-refractivity contribution in [1.82, 2.24) is 19.9 Å². The first kappa shape index (κ1) is 16.3. The van der Waals surface area contributed by atoms with Crippen molar-refractivity contribution in [2.45, 2.75) is 24.3 Å². The second kappa shape index (κ2) is 6.88. The monoisotopic (exact) mass is 343 g/mol. The molecule has 2 heterocycles. The molecule has 2 aromatic heterocycles. The molecule has 3 rings (SSSR count). The normalized spacial score (nSPS) is 12.1. The van der Waals surface area contributed by atoms with Crippen molar-refractivity contribution in [3.8, 4) is 11.4 Å². The second-order valence-corrected chi connectivity index (χ2v) is 6.61. The fourth-order valence-corrected chi connectivity index (χ4v) is 2.94. The van der Waals surface area contributed by atoms with Crippen molar-refractivity contribution in [2.24, 2.45) is 7.05 Å². The lowest BCUT2D eigenvalue weighted by Crippen LogP contribution is -2.23. The van der Waals surface area contributed by atoms with Gasteiger partial charge in [-0.05, 0) is 13.8 Å². The zero-order valence-electron chi connectivity index (χ0n) is 13.6. The van der Waals surface area contributed by atoms with E-state index in [1.54, 1.807) is 13.0 Å². The molecule has 0 radical (unpaired) electrons. The van der Waals surface area contributed by atoms with E-state index in [0.29, 0.717) is 16.7 Å². The number of nitrogens with one attached hydrogen (secondary N) is 1. The molecule has 24 heavy (non-hydrogen) atoms. The summed E-state index contributed by atoms with van der Waals surface area (Å²) in [6, 6.07) is 11.5. The number of benzene rings is 1. The minimum atomic E-state index is -0.353. The van der Waals surface area contributed by atoms with Crippen LogP contribution in [-0.4, -0.2) is 31.1 Å². The number of hydrogen-bond acceptors (Lipinski definition) is 6. The molecule has 0 bridgehead atoms. The van der Waals surface area contributed by atoms with Gasteiger partial charge in [-0.25, -0.2) is 0 Å². The summed E-state index contributed by atoms with van der Waals surface area (Å²) in [7, 11) is 1.89. The van der Waals surface area contributed by atoms with E-state index < -0.39 is 0 Å². The van der Waals surface area contributed by atoms with Gasteiger partial charge < -0.3 is 14.4 Å². The molecule has 0 saturated heterocycles. The van der Waals surface area contributed by atoms with Crippen LogP contribution in [0.15, 0.2) is 46.1 Å². The van der Waals surface area contributed by atoms with E-state index >= 15 is 0 Å². The van der Waals surface area contributed by atoms with Gasteiger partial charge in [0.1, 0.15) is 5.76 Å². The van der Waals surface area contributed by atoms with Gasteiger partial charge >= 0.3 is 0 Å². The van der Waals surface area contributed by atoms with Crippen molar-refractivity contribution >= 4 is 23.5 Å². The maximum absolute atomic E-state index is 12.2. The molecule has 0 spiro atoms. The van der Waals surface area contributed by atoms with E-state index in [1.807, 2.05) is 48.9 Å². The van der Waals surface area contributed by atoms with Gasteiger partial charge in [0.05, 0.1) is 5.25 Å². The highest BCUT2D eigenvalue weighted by molar-refractivity contribution is 8.00. The largest absolute Gasteiger partial charge is 0.360 e. The van der Waals surface area contributed by atoms with Gasteiger partial charge in [0.2, 0.25) is 5.91 Å². The zero-order valence-corrected chi connectivity index (χ0v) is 14.4. The third-order valence-corrected chi connectivity index (χ3v) is 4.53. The molecule has 7 nitrogen and oxygen atoms in total. The third kappa shape index (κ3) is 3.48. The van der Waals surface area contributed by atoms with Gasteiger partial charge in [-0.2, -0.15) is 0 Å². The van der Waals surface area contributed by atoms with Crippen LogP contribution in [0.3, 0.4) is 0 Å². The first-order chi connectivity index (χ1) is 11.5. The zero-order chi connectivity index (χ0) is 17.1. The Labute approximate surface area is 143 Å². The summed E-state index contributed by atoms with van der Waals surface area (Å²) in [5.41, 5.74) is 0.981. The highest BCUT2D eigenvalue weighted by Gasteiger charge is 2.20. The van der Waals surface area contributed by atoms with Crippen LogP contribution in [0.2, 0.25) is 0 Å². The predicted octanol–water partition coefficient (Wildman–Crippen LogP) is 2.90. The summed E-state index contributed by atoms with van der Waals surface area (Å²) < 4.78 is 6.82. The van der Waals surface area contributed by atoms with Crippen molar-refractivity contribution in [3.63, 3.8) is 0 Å². The molecule has 1 N–H and O–H groups in total. The van der Waals surface area contributed by atoms with Crippen LogP contribution < -0.4 is 5.32 Å². The molecule has 0 aliphatic heterocycles. The Morgan fingerprint density at radius 1 is 1.29 bits per heavy atom. The predicted molar refractivity (Wildman–Crippen MR) is 91.6 cm³/mol. The van der Waals surface area contributed by atoms with Gasteiger partial charge in [0, 0.05) is 18.7 Å². The summed E-state index contributed by atoms with van der Waals surface area (Å²) in [5.74, 6) is 1.65. The molecular weight excluding hydrogens is 326 g/mol. The topological polar surface area (TPSA) is 85.8 Å². The highest BCUT2D eigenvalue weighted by Crippen LogP contribution is 2.26. The van der Waals surface area contributed by atoms with Crippen molar-refractivity contribution < 1.29 is 9.32 Å². The maximum Gasteiger partial charge on any atom is 0.238 e. The number of carbonyl (C=O) groups is 1. The summed E-state index contributed by atoms with van der Waals surface area (Å²) in [5, 5.41) is 15.2. The number of rotatable bonds is 5. The lowest BCUT2D eigenvalue weighted by molar-refractivity contribution is -0.115. The van der Waals surface area contributed by atoms with Crippen molar-refractivity contribution in [3.05, 3.63) is 42.2 Å². The number of anilines is 1. The minimum absolute atomic E-state index is 0.169. The second-order valence-electron chi connectivity index (χ2n) is 5.30. The molecule has 124 valence electrons. The smallest absolute Gasteiger partial charge is 0.238 e. The molecule has 1 atom stereocenters. The van der Waals surface area contributed by atoms with Crippen LogP contribution in [-0.2, 0) is 11.8 Å². The van der Waals surface area contributed by atoms with Crippen molar-refractivity contribution in [2.75, 3.05) is 5.32 Å². The van der Waals surface area contributed by atoms with E-state index in [1.165, 1.54) is 11.8 Å². The standard InChI is InChI=1S/C16H17N5O2S/c1-10-9-13(20-23-10)17-15(22)11(2)24-16-19-18-14(21(16)3)12-7-5-4-6-8-12/h4-9,11H,1-3H3,(H,17,20,22)/t11-/m0/s1. The van der Waals surface area contributed by atoms with Crippen LogP contribution in [0.25, 0.3) is 11.4 Å². The average Bonchev–Trinajstić information content (AvgIpc) is 3.14. The van der Waals surface area contributed by atoms with Gasteiger partial charge in [0.25, 0.3) is 0 Å². The Morgan fingerprint density at radius 3 is 2.71 bits per heavy atom. The molecule has 0 unspecified atom stereocenters. The van der Waals surface area contributed by atoms with Crippen LogP contribution in [0.5, 0.6) is 0 Å². The number of aromatic nitrogens is 4. The van der Waals surface area contributed by atoms with E-state index in [4.69, 9.17) is 4.52 Å². The van der Waals surface area contributed by atoms with Gasteiger partial charge in [-0.15, -0.1) is 10.2 Å². The van der Waals surface area contributed by atoms with E-state index in [2.05, 4.69) is 20.7 Å². The summed E-state index contributed by atoms with van der Waals surface area (Å²) in [4.78, 5) is 12.2. The molecular formula is C16H17N5O2S. The first-order valence-corrected chi connectivity index (χ1v) is 8.28. The first-order valence-electron chi connectivity index (χ1n) is 7.40. The summed E-state index contributed by atoms with van der Waals surface area (Å²) in [6.45, 7) is 3.58. The molecule has 0 saturated carbocycles. The molecule has 3 aromatic rings. The molecule has 0 aliphatic rings. The number of thioether (sulfide) groups is 1. The highest BCUT2D eigenvalue weighted by atomic mass is 32.2. The van der Waals surface area contributed by atoms with Gasteiger partial charge in [-0.3, -0.25) is 4.79 Å². The molecule has 0 fully saturated rings. The molecule has 8 heteroatoms. The van der Waals surface area contributed by atoms with Gasteiger partial charge in [-0.1, -0.05) is 47.3 Å². The van der Waals surface area contributed by atoms with E-state index in [9.17, 15) is 4.79 Å². The Balaban J connectivity index is 1.69. The Morgan fingerprint density at radius 2 is 2.04 bits per heavy atom. The molecule has 0 aliphatic carbocycles. The summed E-state index contributed by atoms with van der Waals surface area (Å²) in [6.07, 6.45) is 0. The summed E-state index contributed by atoms with van der Waals surface area (Å²) >= 11 is 1.34. The molecule has 1 amide bonds. The molecule has 1 aromatic carbocycles. The lowest BCUT2D eigenvalue weighted by atomic mass is 10.2. The van der Waals surface area contributed by atoms with Crippen molar-refractivity contribution in [1.29, 1.82) is 0 Å².